The quantitative estimate of drug-likeness (QED) is 0.767. The van der Waals surface area contributed by atoms with Crippen molar-refractivity contribution in [2.75, 3.05) is 0 Å². The molecule has 0 amide bonds. The van der Waals surface area contributed by atoms with Gasteiger partial charge in [0.1, 0.15) is 23.5 Å². The molecule has 1 aromatic carbocycles. The zero-order chi connectivity index (χ0) is 13.9. The number of hydrogen-bond donors (Lipinski definition) is 0. The average molecular weight is 259 g/mol. The molecule has 100 valence electrons. The molecule has 4 heteroatoms. The molecule has 0 saturated carbocycles. The van der Waals surface area contributed by atoms with Crippen LogP contribution < -0.4 is 4.74 Å². The molecule has 0 aliphatic carbocycles. The number of aliphatic imine (C=N–C) groups is 1. The lowest BCUT2D eigenvalue weighted by atomic mass is 10.2. The average Bonchev–Trinajstić information content (AvgIpc) is 2.47. The van der Waals surface area contributed by atoms with Crippen LogP contribution in [0.5, 0.6) is 5.75 Å². The highest BCUT2D eigenvalue weighted by Crippen LogP contribution is 2.23. The van der Waals surface area contributed by atoms with E-state index in [4.69, 9.17) is 9.47 Å². The van der Waals surface area contributed by atoms with Crippen molar-refractivity contribution in [3.8, 4) is 5.75 Å². The monoisotopic (exact) mass is 259 g/mol. The Morgan fingerprint density at radius 1 is 1.32 bits per heavy atom. The van der Waals surface area contributed by atoms with Gasteiger partial charge in [-0.1, -0.05) is 12.1 Å². The lowest BCUT2D eigenvalue weighted by Crippen LogP contribution is -2.24. The molecular weight excluding hydrogens is 242 g/mol. The Morgan fingerprint density at radius 3 is 2.79 bits per heavy atom. The first-order valence-electron chi connectivity index (χ1n) is 6.15. The minimum Gasteiger partial charge on any atom is -0.460 e. The van der Waals surface area contributed by atoms with Gasteiger partial charge in [-0.3, -0.25) is 9.79 Å². The fourth-order valence-electron chi connectivity index (χ4n) is 1.65. The molecule has 0 N–H and O–H groups in total. The summed E-state index contributed by atoms with van der Waals surface area (Å²) in [6.07, 6.45) is 3.32. The summed E-state index contributed by atoms with van der Waals surface area (Å²) in [5, 5.41) is 0. The molecule has 19 heavy (non-hydrogen) atoms. The van der Waals surface area contributed by atoms with Crippen LogP contribution in [0.1, 0.15) is 32.8 Å². The predicted molar refractivity (Wildman–Crippen MR) is 73.2 cm³/mol. The number of fused-ring (bicyclic) bond motifs is 1. The van der Waals surface area contributed by atoms with Gasteiger partial charge in [-0.05, 0) is 32.9 Å². The number of nitrogens with zero attached hydrogens (tertiary/aromatic N) is 1. The van der Waals surface area contributed by atoms with E-state index in [0.717, 1.165) is 5.56 Å². The first-order valence-corrected chi connectivity index (χ1v) is 6.15. The van der Waals surface area contributed by atoms with Gasteiger partial charge in [0.2, 0.25) is 0 Å². The first-order chi connectivity index (χ1) is 8.94. The van der Waals surface area contributed by atoms with E-state index in [0.29, 0.717) is 11.5 Å². The van der Waals surface area contributed by atoms with Crippen LogP contribution in [0.3, 0.4) is 0 Å². The van der Waals surface area contributed by atoms with E-state index in [1.54, 1.807) is 12.4 Å². The van der Waals surface area contributed by atoms with Gasteiger partial charge in [0.05, 0.1) is 6.20 Å². The second-order valence-electron chi connectivity index (χ2n) is 5.28. The summed E-state index contributed by atoms with van der Waals surface area (Å²) in [7, 11) is 0. The molecule has 1 aliphatic rings. The SMILES string of the molecule is CC(C)(C)OC(=O)CC1=CN=Cc2ccccc2O1. The van der Waals surface area contributed by atoms with Gasteiger partial charge in [0.15, 0.2) is 0 Å². The third-order valence-corrected chi connectivity index (χ3v) is 2.33. The summed E-state index contributed by atoms with van der Waals surface area (Å²) >= 11 is 0. The molecule has 0 saturated heterocycles. The van der Waals surface area contributed by atoms with Crippen molar-refractivity contribution >= 4 is 12.2 Å². The van der Waals surface area contributed by atoms with Crippen molar-refractivity contribution in [2.24, 2.45) is 4.99 Å². The van der Waals surface area contributed by atoms with E-state index in [1.807, 2.05) is 45.0 Å². The molecule has 0 radical (unpaired) electrons. The number of hydrogen-bond acceptors (Lipinski definition) is 4. The van der Waals surface area contributed by atoms with Crippen molar-refractivity contribution < 1.29 is 14.3 Å². The molecule has 2 rings (SSSR count). The van der Waals surface area contributed by atoms with Gasteiger partial charge in [-0.25, -0.2) is 0 Å². The Kier molecular flexibility index (Phi) is 3.69. The maximum absolute atomic E-state index is 11.8. The minimum atomic E-state index is -0.496. The first kappa shape index (κ1) is 13.3. The third-order valence-electron chi connectivity index (χ3n) is 2.33. The van der Waals surface area contributed by atoms with Gasteiger partial charge >= 0.3 is 5.97 Å². The Labute approximate surface area is 112 Å². The van der Waals surface area contributed by atoms with Crippen LogP contribution in [0.25, 0.3) is 0 Å². The van der Waals surface area contributed by atoms with E-state index < -0.39 is 5.60 Å². The summed E-state index contributed by atoms with van der Waals surface area (Å²) < 4.78 is 10.9. The zero-order valence-electron chi connectivity index (χ0n) is 11.3. The Morgan fingerprint density at radius 2 is 2.05 bits per heavy atom. The summed E-state index contributed by atoms with van der Waals surface area (Å²) in [6.45, 7) is 5.50. The smallest absolute Gasteiger partial charge is 0.314 e. The summed E-state index contributed by atoms with van der Waals surface area (Å²) in [4.78, 5) is 15.9. The van der Waals surface area contributed by atoms with E-state index in [1.165, 1.54) is 0 Å². The topological polar surface area (TPSA) is 47.9 Å². The number of rotatable bonds is 2. The Hall–Kier alpha value is -2.10. The third kappa shape index (κ3) is 3.95. The lowest BCUT2D eigenvalue weighted by Gasteiger charge is -2.19. The lowest BCUT2D eigenvalue weighted by molar-refractivity contribution is -0.154. The summed E-state index contributed by atoms with van der Waals surface area (Å²) in [5.41, 5.74) is 0.390. The second-order valence-corrected chi connectivity index (χ2v) is 5.28. The predicted octanol–water partition coefficient (Wildman–Crippen LogP) is 3.07. The fraction of sp³-hybridized carbons (Fsp3) is 0.333. The highest BCUT2D eigenvalue weighted by Gasteiger charge is 2.19. The van der Waals surface area contributed by atoms with Gasteiger partial charge in [-0.15, -0.1) is 0 Å². The van der Waals surface area contributed by atoms with Crippen molar-refractivity contribution in [1.29, 1.82) is 0 Å². The molecule has 0 atom stereocenters. The van der Waals surface area contributed by atoms with E-state index >= 15 is 0 Å². The molecule has 1 aromatic rings. The molecule has 1 aliphatic heterocycles. The van der Waals surface area contributed by atoms with Crippen LogP contribution in [0, 0.1) is 0 Å². The Bertz CT molecular complexity index is 539. The summed E-state index contributed by atoms with van der Waals surface area (Å²) in [5.74, 6) is 0.849. The van der Waals surface area contributed by atoms with Gasteiger partial charge < -0.3 is 9.47 Å². The van der Waals surface area contributed by atoms with Crippen LogP contribution in [0.15, 0.2) is 41.2 Å². The van der Waals surface area contributed by atoms with Crippen LogP contribution >= 0.6 is 0 Å². The number of carbonyl (C=O) groups is 1. The molecule has 1 heterocycles. The van der Waals surface area contributed by atoms with Crippen molar-refractivity contribution in [1.82, 2.24) is 0 Å². The van der Waals surface area contributed by atoms with Gasteiger partial charge in [0, 0.05) is 11.8 Å². The molecule has 0 spiro atoms. The molecule has 0 fully saturated rings. The van der Waals surface area contributed by atoms with Crippen LogP contribution in [0.4, 0.5) is 0 Å². The number of benzene rings is 1. The van der Waals surface area contributed by atoms with Crippen LogP contribution in [-0.2, 0) is 9.53 Å². The van der Waals surface area contributed by atoms with Crippen molar-refractivity contribution in [3.63, 3.8) is 0 Å². The van der Waals surface area contributed by atoms with Crippen LogP contribution in [0.2, 0.25) is 0 Å². The Balaban J connectivity index is 2.06. The van der Waals surface area contributed by atoms with Crippen LogP contribution in [-0.4, -0.2) is 17.8 Å². The van der Waals surface area contributed by atoms with E-state index in [2.05, 4.69) is 4.99 Å². The highest BCUT2D eigenvalue weighted by molar-refractivity contribution is 5.84. The van der Waals surface area contributed by atoms with Crippen molar-refractivity contribution in [3.05, 3.63) is 41.8 Å². The molecule has 4 nitrogen and oxygen atoms in total. The number of ether oxygens (including phenoxy) is 2. The minimum absolute atomic E-state index is 0.0724. The number of para-hydroxylation sites is 1. The van der Waals surface area contributed by atoms with E-state index in [9.17, 15) is 4.79 Å². The molecule has 0 aromatic heterocycles. The molecule has 0 unspecified atom stereocenters. The standard InChI is InChI=1S/C15H17NO3/c1-15(2,3)19-14(17)8-12-10-16-9-11-6-4-5-7-13(11)18-12/h4-7,9-10H,8H2,1-3H3. The largest absolute Gasteiger partial charge is 0.460 e. The molecular formula is C15H17NO3. The molecule has 0 bridgehead atoms. The maximum atomic E-state index is 11.8. The van der Waals surface area contributed by atoms with Gasteiger partial charge in [0.25, 0.3) is 0 Å². The zero-order valence-corrected chi connectivity index (χ0v) is 11.3. The fourth-order valence-corrected chi connectivity index (χ4v) is 1.65. The number of carbonyl (C=O) groups excluding carboxylic acids is 1. The summed E-state index contributed by atoms with van der Waals surface area (Å²) in [6, 6.07) is 7.54. The van der Waals surface area contributed by atoms with Gasteiger partial charge in [-0.2, -0.15) is 0 Å². The second kappa shape index (κ2) is 5.26. The maximum Gasteiger partial charge on any atom is 0.314 e. The highest BCUT2D eigenvalue weighted by atomic mass is 16.6. The van der Waals surface area contributed by atoms with Crippen molar-refractivity contribution in [2.45, 2.75) is 32.8 Å². The normalized spacial score (nSPS) is 13.9. The number of esters is 1. The van der Waals surface area contributed by atoms with E-state index in [-0.39, 0.29) is 12.4 Å².